The van der Waals surface area contributed by atoms with Gasteiger partial charge in [0.05, 0.1) is 6.42 Å². The van der Waals surface area contributed by atoms with Crippen LogP contribution in [0.1, 0.15) is 11.1 Å². The van der Waals surface area contributed by atoms with Crippen molar-refractivity contribution in [3.63, 3.8) is 0 Å². The molecule has 0 atom stereocenters. The summed E-state index contributed by atoms with van der Waals surface area (Å²) in [4.78, 5) is 11.7. The van der Waals surface area contributed by atoms with Gasteiger partial charge < -0.3 is 10.5 Å². The van der Waals surface area contributed by atoms with Gasteiger partial charge in [0, 0.05) is 21.3 Å². The van der Waals surface area contributed by atoms with Crippen LogP contribution in [0.5, 0.6) is 0 Å². The number of hydrogen-bond donors (Lipinski definition) is 1. The summed E-state index contributed by atoms with van der Waals surface area (Å²) in [5, 5.41) is 1.03. The normalized spacial score (nSPS) is 10.3. The summed E-state index contributed by atoms with van der Waals surface area (Å²) in [5.41, 5.74) is 7.81. The van der Waals surface area contributed by atoms with Gasteiger partial charge in [0.2, 0.25) is 0 Å². The molecule has 2 aromatic rings. The van der Waals surface area contributed by atoms with Crippen LogP contribution >= 0.6 is 23.2 Å². The first-order chi connectivity index (χ1) is 9.54. The van der Waals surface area contributed by atoms with Gasteiger partial charge in [-0.3, -0.25) is 4.79 Å². The predicted molar refractivity (Wildman–Crippen MR) is 80.8 cm³/mol. The topological polar surface area (TPSA) is 52.3 Å². The Balaban J connectivity index is 1.92. The van der Waals surface area contributed by atoms with Crippen LogP contribution in [0, 0.1) is 0 Å². The van der Waals surface area contributed by atoms with Crippen LogP contribution in [0.4, 0.5) is 5.69 Å². The maximum atomic E-state index is 11.7. The first kappa shape index (κ1) is 14.7. The molecular weight excluding hydrogens is 297 g/mol. The monoisotopic (exact) mass is 309 g/mol. The Morgan fingerprint density at radius 2 is 1.95 bits per heavy atom. The minimum Gasteiger partial charge on any atom is -0.461 e. The summed E-state index contributed by atoms with van der Waals surface area (Å²) < 4.78 is 5.19. The van der Waals surface area contributed by atoms with E-state index < -0.39 is 0 Å². The molecule has 104 valence electrons. The number of anilines is 1. The van der Waals surface area contributed by atoms with E-state index in [1.165, 1.54) is 0 Å². The zero-order valence-corrected chi connectivity index (χ0v) is 12.1. The lowest BCUT2D eigenvalue weighted by atomic mass is 10.1. The Morgan fingerprint density at radius 1 is 1.15 bits per heavy atom. The average molecular weight is 310 g/mol. The highest BCUT2D eigenvalue weighted by molar-refractivity contribution is 6.35. The minimum atomic E-state index is -0.332. The molecule has 0 heterocycles. The predicted octanol–water partition coefficient (Wildman–Crippen LogP) is 3.86. The van der Waals surface area contributed by atoms with Gasteiger partial charge in [-0.25, -0.2) is 0 Å². The van der Waals surface area contributed by atoms with Gasteiger partial charge in [0.15, 0.2) is 0 Å². The van der Waals surface area contributed by atoms with Crippen molar-refractivity contribution in [1.82, 2.24) is 0 Å². The number of halogens is 2. The number of nitrogen functional groups attached to an aromatic ring is 1. The molecule has 5 heteroatoms. The van der Waals surface area contributed by atoms with Crippen LogP contribution in [0.25, 0.3) is 0 Å². The maximum absolute atomic E-state index is 11.7. The Bertz CT molecular complexity index is 629. The van der Waals surface area contributed by atoms with Crippen LogP contribution in [-0.2, 0) is 22.6 Å². The van der Waals surface area contributed by atoms with E-state index >= 15 is 0 Å². The van der Waals surface area contributed by atoms with E-state index in [0.29, 0.717) is 15.7 Å². The van der Waals surface area contributed by atoms with Gasteiger partial charge in [-0.05, 0) is 29.8 Å². The first-order valence-corrected chi connectivity index (χ1v) is 6.74. The van der Waals surface area contributed by atoms with Gasteiger partial charge in [0.1, 0.15) is 6.61 Å². The number of carbonyl (C=O) groups is 1. The molecule has 0 aliphatic carbocycles. The smallest absolute Gasteiger partial charge is 0.310 e. The van der Waals surface area contributed by atoms with Crippen molar-refractivity contribution in [3.8, 4) is 0 Å². The first-order valence-electron chi connectivity index (χ1n) is 5.98. The molecule has 3 nitrogen and oxygen atoms in total. The van der Waals surface area contributed by atoms with E-state index in [9.17, 15) is 4.79 Å². The van der Waals surface area contributed by atoms with Crippen molar-refractivity contribution >= 4 is 34.9 Å². The molecule has 0 aromatic heterocycles. The summed E-state index contributed by atoms with van der Waals surface area (Å²) in [5.74, 6) is -0.332. The standard InChI is InChI=1S/C15H13Cl2NO2/c16-12-5-4-11(14(17)8-12)9-20-15(19)7-10-2-1-3-13(18)6-10/h1-6,8H,7,9,18H2. The van der Waals surface area contributed by atoms with E-state index in [2.05, 4.69) is 0 Å². The molecule has 0 amide bonds. The van der Waals surface area contributed by atoms with Crippen LogP contribution in [0.15, 0.2) is 42.5 Å². The average Bonchev–Trinajstić information content (AvgIpc) is 2.37. The van der Waals surface area contributed by atoms with Crippen molar-refractivity contribution in [3.05, 3.63) is 63.6 Å². The fraction of sp³-hybridized carbons (Fsp3) is 0.133. The molecule has 0 aliphatic heterocycles. The zero-order chi connectivity index (χ0) is 14.5. The zero-order valence-electron chi connectivity index (χ0n) is 10.6. The number of nitrogens with two attached hydrogens (primary N) is 1. The Morgan fingerprint density at radius 3 is 2.65 bits per heavy atom. The van der Waals surface area contributed by atoms with Crippen molar-refractivity contribution in [2.24, 2.45) is 0 Å². The van der Waals surface area contributed by atoms with Crippen LogP contribution in [0.2, 0.25) is 10.0 Å². The van der Waals surface area contributed by atoms with Gasteiger partial charge >= 0.3 is 5.97 Å². The highest BCUT2D eigenvalue weighted by Gasteiger charge is 2.08. The van der Waals surface area contributed by atoms with E-state index in [4.69, 9.17) is 33.7 Å². The second kappa shape index (κ2) is 6.64. The van der Waals surface area contributed by atoms with E-state index in [1.807, 2.05) is 6.07 Å². The lowest BCUT2D eigenvalue weighted by Gasteiger charge is -2.07. The molecule has 2 rings (SSSR count). The number of rotatable bonds is 4. The second-order valence-corrected chi connectivity index (χ2v) is 5.16. The molecule has 0 fully saturated rings. The minimum absolute atomic E-state index is 0.122. The number of hydrogen-bond acceptors (Lipinski definition) is 3. The number of esters is 1. The SMILES string of the molecule is Nc1cccc(CC(=O)OCc2ccc(Cl)cc2Cl)c1. The fourth-order valence-electron chi connectivity index (χ4n) is 1.72. The summed E-state index contributed by atoms with van der Waals surface area (Å²) in [6.45, 7) is 0.122. The Labute approximate surface area is 127 Å². The largest absolute Gasteiger partial charge is 0.461 e. The highest BCUT2D eigenvalue weighted by Crippen LogP contribution is 2.21. The third-order valence-corrected chi connectivity index (χ3v) is 3.29. The lowest BCUT2D eigenvalue weighted by Crippen LogP contribution is -2.08. The number of ether oxygens (including phenoxy) is 1. The van der Waals surface area contributed by atoms with Crippen LogP contribution < -0.4 is 5.73 Å². The van der Waals surface area contributed by atoms with E-state index in [0.717, 1.165) is 11.1 Å². The van der Waals surface area contributed by atoms with Crippen LogP contribution in [0.3, 0.4) is 0 Å². The third-order valence-electron chi connectivity index (χ3n) is 2.70. The molecule has 20 heavy (non-hydrogen) atoms. The molecule has 0 unspecified atom stereocenters. The third kappa shape index (κ3) is 4.15. The van der Waals surface area contributed by atoms with Gasteiger partial charge in [0.25, 0.3) is 0 Å². The van der Waals surface area contributed by atoms with Gasteiger partial charge in [-0.1, -0.05) is 41.4 Å². The van der Waals surface area contributed by atoms with E-state index in [1.54, 1.807) is 36.4 Å². The fourth-order valence-corrected chi connectivity index (χ4v) is 2.18. The van der Waals surface area contributed by atoms with Crippen molar-refractivity contribution in [2.45, 2.75) is 13.0 Å². The lowest BCUT2D eigenvalue weighted by molar-refractivity contribution is -0.144. The van der Waals surface area contributed by atoms with Crippen LogP contribution in [-0.4, -0.2) is 5.97 Å². The van der Waals surface area contributed by atoms with E-state index in [-0.39, 0.29) is 19.0 Å². The summed E-state index contributed by atoms with van der Waals surface area (Å²) in [7, 11) is 0. The summed E-state index contributed by atoms with van der Waals surface area (Å²) in [6, 6.07) is 12.2. The summed E-state index contributed by atoms with van der Waals surface area (Å²) in [6.07, 6.45) is 0.177. The second-order valence-electron chi connectivity index (χ2n) is 4.32. The molecule has 0 bridgehead atoms. The molecule has 0 spiro atoms. The van der Waals surface area contributed by atoms with Crippen molar-refractivity contribution in [1.29, 1.82) is 0 Å². The molecule has 2 aromatic carbocycles. The molecule has 2 N–H and O–H groups in total. The molecule has 0 saturated heterocycles. The van der Waals surface area contributed by atoms with Crippen molar-refractivity contribution in [2.75, 3.05) is 5.73 Å². The Hall–Kier alpha value is -1.71. The molecule has 0 radical (unpaired) electrons. The number of benzene rings is 2. The summed E-state index contributed by atoms with van der Waals surface area (Å²) >= 11 is 11.8. The number of carbonyl (C=O) groups excluding carboxylic acids is 1. The van der Waals surface area contributed by atoms with Gasteiger partial charge in [-0.15, -0.1) is 0 Å². The molecule has 0 aliphatic rings. The van der Waals surface area contributed by atoms with Gasteiger partial charge in [-0.2, -0.15) is 0 Å². The molecule has 0 saturated carbocycles. The molecular formula is C15H13Cl2NO2. The maximum Gasteiger partial charge on any atom is 0.310 e. The quantitative estimate of drug-likeness (QED) is 0.689. The highest BCUT2D eigenvalue weighted by atomic mass is 35.5. The van der Waals surface area contributed by atoms with Crippen molar-refractivity contribution < 1.29 is 9.53 Å². The Kier molecular flexibility index (Phi) is 4.88.